The van der Waals surface area contributed by atoms with Crippen LogP contribution in [0.4, 0.5) is 0 Å². The van der Waals surface area contributed by atoms with E-state index in [1.807, 2.05) is 0 Å². The van der Waals surface area contributed by atoms with Gasteiger partial charge in [0.1, 0.15) is 0 Å². The van der Waals surface area contributed by atoms with E-state index in [1.165, 1.54) is 6.26 Å². The SMILES string of the molecule is CCC(NCC(C)(C)S(C)(=O)=O)C(C)C. The molecule has 0 spiro atoms. The van der Waals surface area contributed by atoms with Gasteiger partial charge in [-0.3, -0.25) is 0 Å². The molecule has 0 amide bonds. The van der Waals surface area contributed by atoms with Gasteiger partial charge in [-0.1, -0.05) is 20.8 Å². The monoisotopic (exact) mass is 235 g/mol. The molecule has 0 aromatic rings. The molecule has 15 heavy (non-hydrogen) atoms. The Labute approximate surface area is 94.6 Å². The van der Waals surface area contributed by atoms with Crippen LogP contribution in [0.1, 0.15) is 41.0 Å². The van der Waals surface area contributed by atoms with Crippen LogP contribution in [-0.2, 0) is 9.84 Å². The Morgan fingerprint density at radius 2 is 1.73 bits per heavy atom. The molecule has 1 unspecified atom stereocenters. The highest BCUT2D eigenvalue weighted by Gasteiger charge is 2.30. The predicted octanol–water partition coefficient (Wildman–Crippen LogP) is 1.83. The molecule has 1 atom stereocenters. The Morgan fingerprint density at radius 3 is 2.00 bits per heavy atom. The molecule has 0 bridgehead atoms. The molecule has 0 saturated carbocycles. The molecule has 0 radical (unpaired) electrons. The van der Waals surface area contributed by atoms with Gasteiger partial charge < -0.3 is 5.32 Å². The zero-order chi connectivity index (χ0) is 12.3. The quantitative estimate of drug-likeness (QED) is 0.764. The van der Waals surface area contributed by atoms with Crippen molar-refractivity contribution in [1.29, 1.82) is 0 Å². The first-order chi connectivity index (χ1) is 6.62. The largest absolute Gasteiger partial charge is 0.312 e. The molecule has 92 valence electrons. The van der Waals surface area contributed by atoms with E-state index in [1.54, 1.807) is 13.8 Å². The Hall–Kier alpha value is -0.0900. The molecule has 0 aromatic heterocycles. The van der Waals surface area contributed by atoms with E-state index >= 15 is 0 Å². The second kappa shape index (κ2) is 5.30. The third kappa shape index (κ3) is 4.51. The summed E-state index contributed by atoms with van der Waals surface area (Å²) in [6, 6.07) is 0.394. The van der Waals surface area contributed by atoms with Crippen LogP contribution in [-0.4, -0.2) is 32.0 Å². The molecule has 0 aliphatic rings. The minimum Gasteiger partial charge on any atom is -0.312 e. The maximum atomic E-state index is 11.5. The van der Waals surface area contributed by atoms with E-state index in [-0.39, 0.29) is 0 Å². The summed E-state index contributed by atoms with van der Waals surface area (Å²) in [6.07, 6.45) is 2.32. The number of rotatable bonds is 6. The summed E-state index contributed by atoms with van der Waals surface area (Å²) in [5, 5.41) is 3.34. The van der Waals surface area contributed by atoms with E-state index < -0.39 is 14.6 Å². The van der Waals surface area contributed by atoms with Crippen LogP contribution in [0, 0.1) is 5.92 Å². The third-order valence-electron chi connectivity index (χ3n) is 3.04. The lowest BCUT2D eigenvalue weighted by Crippen LogP contribution is -2.46. The smallest absolute Gasteiger partial charge is 0.153 e. The first kappa shape index (κ1) is 14.9. The maximum absolute atomic E-state index is 11.5. The zero-order valence-electron chi connectivity index (χ0n) is 10.8. The fourth-order valence-corrected chi connectivity index (χ4v) is 1.70. The van der Waals surface area contributed by atoms with Crippen LogP contribution in [0.2, 0.25) is 0 Å². The first-order valence-electron chi connectivity index (χ1n) is 5.54. The standard InChI is InChI=1S/C11H25NO2S/c1-7-10(9(2)3)12-8-11(4,5)15(6,13)14/h9-10,12H,7-8H2,1-6H3. The number of sulfone groups is 1. The van der Waals surface area contributed by atoms with Crippen LogP contribution in [0.3, 0.4) is 0 Å². The topological polar surface area (TPSA) is 46.2 Å². The van der Waals surface area contributed by atoms with Gasteiger partial charge in [0.05, 0.1) is 4.75 Å². The fraction of sp³-hybridized carbons (Fsp3) is 1.00. The van der Waals surface area contributed by atoms with Crippen molar-refractivity contribution < 1.29 is 8.42 Å². The van der Waals surface area contributed by atoms with E-state index in [9.17, 15) is 8.42 Å². The molecular formula is C11H25NO2S. The van der Waals surface area contributed by atoms with Gasteiger partial charge in [-0.15, -0.1) is 0 Å². The second-order valence-corrected chi connectivity index (χ2v) is 7.82. The van der Waals surface area contributed by atoms with Gasteiger partial charge in [0, 0.05) is 18.8 Å². The molecule has 0 heterocycles. The molecule has 0 saturated heterocycles. The van der Waals surface area contributed by atoms with E-state index in [0.717, 1.165) is 6.42 Å². The van der Waals surface area contributed by atoms with E-state index in [0.29, 0.717) is 18.5 Å². The first-order valence-corrected chi connectivity index (χ1v) is 7.44. The summed E-state index contributed by atoms with van der Waals surface area (Å²) in [4.78, 5) is 0. The Morgan fingerprint density at radius 1 is 1.27 bits per heavy atom. The molecule has 0 aliphatic carbocycles. The third-order valence-corrected chi connectivity index (χ3v) is 5.19. The van der Waals surface area contributed by atoms with Crippen molar-refractivity contribution in [2.45, 2.75) is 51.8 Å². The van der Waals surface area contributed by atoms with Crippen LogP contribution >= 0.6 is 0 Å². The van der Waals surface area contributed by atoms with Gasteiger partial charge in [-0.25, -0.2) is 8.42 Å². The lowest BCUT2D eigenvalue weighted by Gasteiger charge is -2.28. The molecule has 3 nitrogen and oxygen atoms in total. The minimum atomic E-state index is -2.99. The fourth-order valence-electron chi connectivity index (χ4n) is 1.36. The van der Waals surface area contributed by atoms with Gasteiger partial charge >= 0.3 is 0 Å². The summed E-state index contributed by atoms with van der Waals surface area (Å²) in [5.41, 5.74) is 0. The van der Waals surface area contributed by atoms with Gasteiger partial charge in [-0.2, -0.15) is 0 Å². The lowest BCUT2D eigenvalue weighted by molar-refractivity contribution is 0.372. The summed E-state index contributed by atoms with van der Waals surface area (Å²) < 4.78 is 22.3. The normalized spacial score (nSPS) is 15.7. The van der Waals surface area contributed by atoms with Gasteiger partial charge in [0.2, 0.25) is 0 Å². The predicted molar refractivity (Wildman–Crippen MR) is 65.8 cm³/mol. The summed E-state index contributed by atoms with van der Waals surface area (Å²) in [6.45, 7) is 10.5. The van der Waals surface area contributed by atoms with Crippen LogP contribution in [0.15, 0.2) is 0 Å². The number of hydrogen-bond acceptors (Lipinski definition) is 3. The van der Waals surface area contributed by atoms with Crippen LogP contribution in [0.5, 0.6) is 0 Å². The summed E-state index contributed by atoms with van der Waals surface area (Å²) in [5.74, 6) is 0.533. The van der Waals surface area contributed by atoms with Crippen molar-refractivity contribution in [2.75, 3.05) is 12.8 Å². The highest BCUT2D eigenvalue weighted by Crippen LogP contribution is 2.15. The Bertz CT molecular complexity index is 281. The second-order valence-electron chi connectivity index (χ2n) is 5.17. The van der Waals surface area contributed by atoms with E-state index in [4.69, 9.17) is 0 Å². The van der Waals surface area contributed by atoms with Gasteiger partial charge in [0.15, 0.2) is 9.84 Å². The number of hydrogen-bond donors (Lipinski definition) is 1. The highest BCUT2D eigenvalue weighted by atomic mass is 32.2. The molecule has 0 aliphatic heterocycles. The molecule has 0 rings (SSSR count). The highest BCUT2D eigenvalue weighted by molar-refractivity contribution is 7.92. The van der Waals surface area contributed by atoms with Crippen LogP contribution < -0.4 is 5.32 Å². The Kier molecular flexibility index (Phi) is 5.27. The zero-order valence-corrected chi connectivity index (χ0v) is 11.6. The van der Waals surface area contributed by atoms with Crippen molar-refractivity contribution in [3.8, 4) is 0 Å². The van der Waals surface area contributed by atoms with Crippen molar-refractivity contribution in [3.63, 3.8) is 0 Å². The average Bonchev–Trinajstić information content (AvgIpc) is 2.02. The van der Waals surface area contributed by atoms with Crippen molar-refractivity contribution in [2.24, 2.45) is 5.92 Å². The average molecular weight is 235 g/mol. The van der Waals surface area contributed by atoms with Gasteiger partial charge in [-0.05, 0) is 26.2 Å². The lowest BCUT2D eigenvalue weighted by atomic mass is 10.0. The van der Waals surface area contributed by atoms with Crippen LogP contribution in [0.25, 0.3) is 0 Å². The Balaban J connectivity index is 4.38. The molecular weight excluding hydrogens is 210 g/mol. The molecule has 1 N–H and O–H groups in total. The summed E-state index contributed by atoms with van der Waals surface area (Å²) >= 11 is 0. The van der Waals surface area contributed by atoms with E-state index in [2.05, 4.69) is 26.1 Å². The summed E-state index contributed by atoms with van der Waals surface area (Å²) in [7, 11) is -2.99. The van der Waals surface area contributed by atoms with Crippen molar-refractivity contribution in [3.05, 3.63) is 0 Å². The molecule has 4 heteroatoms. The molecule has 0 aromatic carbocycles. The molecule has 0 fully saturated rings. The van der Waals surface area contributed by atoms with Gasteiger partial charge in [0.25, 0.3) is 0 Å². The number of nitrogens with one attached hydrogen (secondary N) is 1. The van der Waals surface area contributed by atoms with Crippen molar-refractivity contribution in [1.82, 2.24) is 5.32 Å². The van der Waals surface area contributed by atoms with Crippen molar-refractivity contribution >= 4 is 9.84 Å². The maximum Gasteiger partial charge on any atom is 0.153 e. The minimum absolute atomic E-state index is 0.394.